The van der Waals surface area contributed by atoms with Crippen LogP contribution in [0.15, 0.2) is 52.6 Å². The van der Waals surface area contributed by atoms with Crippen molar-refractivity contribution in [2.75, 3.05) is 0 Å². The lowest BCUT2D eigenvalue weighted by Crippen LogP contribution is -2.27. The number of fused-ring (bicyclic) bond motifs is 1. The average molecular weight is 527 g/mol. The monoisotopic (exact) mass is 526 g/mol. The highest BCUT2D eigenvalue weighted by Crippen LogP contribution is 2.43. The second-order valence-corrected chi connectivity index (χ2v) is 10.5. The normalized spacial score (nSPS) is 16.1. The Morgan fingerprint density at radius 1 is 0.842 bits per heavy atom. The van der Waals surface area contributed by atoms with E-state index in [-0.39, 0.29) is 5.97 Å². The summed E-state index contributed by atoms with van der Waals surface area (Å²) in [5.74, 6) is 1.14. The van der Waals surface area contributed by atoms with Gasteiger partial charge in [0.15, 0.2) is 0 Å². The Labute approximate surface area is 238 Å². The van der Waals surface area contributed by atoms with Crippen LogP contribution in [0.3, 0.4) is 0 Å². The lowest BCUT2D eigenvalue weighted by molar-refractivity contribution is -0.154. The van der Waals surface area contributed by atoms with E-state index in [1.165, 1.54) is 33.4 Å². The maximum Gasteiger partial charge on any atom is 0.310 e. The third-order valence-electron chi connectivity index (χ3n) is 6.23. The highest BCUT2D eigenvalue weighted by Gasteiger charge is 2.31. The van der Waals surface area contributed by atoms with Crippen molar-refractivity contribution in [2.45, 2.75) is 135 Å². The molecule has 0 fully saturated rings. The third kappa shape index (κ3) is 12.2. The predicted molar refractivity (Wildman–Crippen MR) is 171 cm³/mol. The molecule has 2 aliphatic carbocycles. The molecule has 0 spiro atoms. The highest BCUT2D eigenvalue weighted by atomic mass is 16.6. The van der Waals surface area contributed by atoms with Gasteiger partial charge in [-0.2, -0.15) is 0 Å². The van der Waals surface area contributed by atoms with E-state index < -0.39 is 5.60 Å². The number of rotatable bonds is 5. The Hall–Kier alpha value is -2.09. The SMILES string of the molecule is CC.CC.CC.CC.CC(C)C1=C(CC(=O)OC(C)(C)C)C(C(C)C)CC(C2=Cc3ccccc3CC2)=C1. The molecule has 2 nitrogen and oxygen atoms in total. The lowest BCUT2D eigenvalue weighted by Gasteiger charge is -2.34. The first-order valence-electron chi connectivity index (χ1n) is 15.5. The van der Waals surface area contributed by atoms with Gasteiger partial charge in [-0.25, -0.2) is 0 Å². The summed E-state index contributed by atoms with van der Waals surface area (Å²) in [6.07, 6.45) is 8.40. The molecule has 0 heterocycles. The Morgan fingerprint density at radius 3 is 1.89 bits per heavy atom. The van der Waals surface area contributed by atoms with E-state index in [4.69, 9.17) is 4.74 Å². The molecule has 0 aliphatic heterocycles. The number of benzene rings is 1. The fraction of sp³-hybridized carbons (Fsp3) is 0.639. The molecule has 2 heteroatoms. The van der Waals surface area contributed by atoms with Gasteiger partial charge in [0, 0.05) is 0 Å². The molecule has 1 atom stereocenters. The van der Waals surface area contributed by atoms with Crippen LogP contribution in [0.4, 0.5) is 0 Å². The molecule has 1 aromatic carbocycles. The lowest BCUT2D eigenvalue weighted by atomic mass is 9.71. The molecule has 2 aliphatic rings. The van der Waals surface area contributed by atoms with Crippen molar-refractivity contribution >= 4 is 12.0 Å². The summed E-state index contributed by atoms with van der Waals surface area (Å²) >= 11 is 0. The van der Waals surface area contributed by atoms with Crippen molar-refractivity contribution in [1.82, 2.24) is 0 Å². The summed E-state index contributed by atoms with van der Waals surface area (Å²) in [5.41, 5.74) is 7.90. The van der Waals surface area contributed by atoms with Gasteiger partial charge < -0.3 is 4.74 Å². The van der Waals surface area contributed by atoms with Crippen LogP contribution < -0.4 is 0 Å². The minimum Gasteiger partial charge on any atom is -0.460 e. The molecule has 0 aromatic heterocycles. The number of carbonyl (C=O) groups excluding carboxylic acids is 1. The van der Waals surface area contributed by atoms with Gasteiger partial charge in [-0.05, 0) is 85.6 Å². The van der Waals surface area contributed by atoms with Gasteiger partial charge in [-0.1, -0.05) is 125 Å². The summed E-state index contributed by atoms with van der Waals surface area (Å²) < 4.78 is 5.67. The number of aryl methyl sites for hydroxylation is 1. The molecular formula is C36H62O2. The van der Waals surface area contributed by atoms with Crippen molar-refractivity contribution in [3.05, 3.63) is 63.8 Å². The average Bonchev–Trinajstić information content (AvgIpc) is 2.91. The van der Waals surface area contributed by atoms with Gasteiger partial charge in [0.25, 0.3) is 0 Å². The quantitative estimate of drug-likeness (QED) is 0.357. The first kappa shape index (κ1) is 38.1. The van der Waals surface area contributed by atoms with Gasteiger partial charge in [-0.15, -0.1) is 0 Å². The van der Waals surface area contributed by atoms with Crippen molar-refractivity contribution in [2.24, 2.45) is 17.8 Å². The second-order valence-electron chi connectivity index (χ2n) is 10.5. The van der Waals surface area contributed by atoms with Crippen LogP contribution in [0.1, 0.15) is 134 Å². The van der Waals surface area contributed by atoms with Gasteiger partial charge in [0.1, 0.15) is 5.60 Å². The topological polar surface area (TPSA) is 26.3 Å². The number of hydrogen-bond acceptors (Lipinski definition) is 2. The number of ether oxygens (including phenoxy) is 1. The van der Waals surface area contributed by atoms with Crippen LogP contribution in [0.2, 0.25) is 0 Å². The Bertz CT molecular complexity index is 888. The van der Waals surface area contributed by atoms with E-state index in [1.807, 2.05) is 76.2 Å². The maximum atomic E-state index is 12.7. The smallest absolute Gasteiger partial charge is 0.310 e. The van der Waals surface area contributed by atoms with E-state index in [1.54, 1.807) is 0 Å². The molecule has 1 unspecified atom stereocenters. The van der Waals surface area contributed by atoms with Crippen molar-refractivity contribution in [3.8, 4) is 0 Å². The molecule has 0 saturated heterocycles. The minimum absolute atomic E-state index is 0.107. The van der Waals surface area contributed by atoms with Gasteiger partial charge in [0.05, 0.1) is 6.42 Å². The van der Waals surface area contributed by atoms with Crippen LogP contribution in [-0.4, -0.2) is 11.6 Å². The van der Waals surface area contributed by atoms with Crippen LogP contribution in [0.5, 0.6) is 0 Å². The summed E-state index contributed by atoms with van der Waals surface area (Å²) in [4.78, 5) is 12.7. The first-order valence-corrected chi connectivity index (χ1v) is 15.5. The van der Waals surface area contributed by atoms with Crippen LogP contribution in [-0.2, 0) is 16.0 Å². The summed E-state index contributed by atoms with van der Waals surface area (Å²) in [6, 6.07) is 8.73. The summed E-state index contributed by atoms with van der Waals surface area (Å²) in [7, 11) is 0. The first-order chi connectivity index (χ1) is 18.0. The number of allylic oxidation sites excluding steroid dienone is 4. The van der Waals surface area contributed by atoms with Crippen LogP contribution >= 0.6 is 0 Å². The Morgan fingerprint density at radius 2 is 1.39 bits per heavy atom. The highest BCUT2D eigenvalue weighted by molar-refractivity contribution is 5.74. The van der Waals surface area contributed by atoms with Crippen LogP contribution in [0, 0.1) is 17.8 Å². The Balaban J connectivity index is 0. The zero-order valence-corrected chi connectivity index (χ0v) is 27.8. The van der Waals surface area contributed by atoms with Crippen LogP contribution in [0.25, 0.3) is 6.08 Å². The maximum absolute atomic E-state index is 12.7. The number of hydrogen-bond donors (Lipinski definition) is 0. The van der Waals surface area contributed by atoms with Gasteiger partial charge >= 0.3 is 5.97 Å². The van der Waals surface area contributed by atoms with Gasteiger partial charge in [-0.3, -0.25) is 4.79 Å². The predicted octanol–water partition coefficient (Wildman–Crippen LogP) is 11.4. The molecular weight excluding hydrogens is 464 g/mol. The number of esters is 1. The molecule has 0 bridgehead atoms. The van der Waals surface area contributed by atoms with E-state index >= 15 is 0 Å². The molecule has 218 valence electrons. The molecule has 0 amide bonds. The van der Waals surface area contributed by atoms with E-state index in [0.717, 1.165) is 19.3 Å². The summed E-state index contributed by atoms with van der Waals surface area (Å²) in [6.45, 7) is 30.9. The van der Waals surface area contributed by atoms with E-state index in [2.05, 4.69) is 64.1 Å². The zero-order chi connectivity index (χ0) is 30.1. The summed E-state index contributed by atoms with van der Waals surface area (Å²) in [5, 5.41) is 0. The van der Waals surface area contributed by atoms with E-state index in [0.29, 0.717) is 24.2 Å². The Kier molecular flexibility index (Phi) is 19.9. The number of carbonyl (C=O) groups is 1. The van der Waals surface area contributed by atoms with Gasteiger partial charge in [0.2, 0.25) is 0 Å². The fourth-order valence-corrected chi connectivity index (χ4v) is 4.76. The standard InChI is InChI=1S/C28H38O2.4C2H6/c1-18(2)24-15-23(22-13-12-20-10-8-9-11-21(20)14-22)16-25(19(3)4)26(24)17-27(29)30-28(5,6)7;4*1-2/h8-11,14-15,18-19,25H,12-13,16-17H2,1-7H3;4*1-2H3. The van der Waals surface area contributed by atoms with E-state index in [9.17, 15) is 4.79 Å². The third-order valence-corrected chi connectivity index (χ3v) is 6.23. The molecule has 38 heavy (non-hydrogen) atoms. The zero-order valence-electron chi connectivity index (χ0n) is 27.8. The van der Waals surface area contributed by atoms with Crippen molar-refractivity contribution < 1.29 is 9.53 Å². The molecule has 0 saturated carbocycles. The van der Waals surface area contributed by atoms with Crippen molar-refractivity contribution in [1.29, 1.82) is 0 Å². The fourth-order valence-electron chi connectivity index (χ4n) is 4.76. The molecule has 3 rings (SSSR count). The van der Waals surface area contributed by atoms with Crippen molar-refractivity contribution in [3.63, 3.8) is 0 Å². The molecule has 0 radical (unpaired) electrons. The largest absolute Gasteiger partial charge is 0.460 e. The minimum atomic E-state index is -0.446. The molecule has 1 aromatic rings. The second kappa shape index (κ2) is 19.9. The molecule has 0 N–H and O–H groups in total.